The second kappa shape index (κ2) is 11.2. The molecule has 0 bridgehead atoms. The lowest BCUT2D eigenvalue weighted by Gasteiger charge is -2.22. The first-order valence-electron chi connectivity index (χ1n) is 10.6. The Balaban J connectivity index is 1.57. The number of aromatic nitrogens is 1. The molecule has 0 N–H and O–H groups in total. The molecule has 0 unspecified atom stereocenters. The Morgan fingerprint density at radius 1 is 1.15 bits per heavy atom. The first-order chi connectivity index (χ1) is 16.3. The molecule has 2 aromatic carbocycles. The number of carbonyl (C=O) groups is 2. The molecule has 0 spiro atoms. The van der Waals surface area contributed by atoms with E-state index in [4.69, 9.17) is 14.4 Å². The maximum Gasteiger partial charge on any atom is 0.306 e. The third-order valence-electron chi connectivity index (χ3n) is 4.93. The largest absolute Gasteiger partial charge is 0.456 e. The fourth-order valence-corrected chi connectivity index (χ4v) is 3.44. The normalized spacial score (nSPS) is 10.6. The highest BCUT2D eigenvalue weighted by atomic mass is 19.1. The van der Waals surface area contributed by atoms with Crippen LogP contribution in [-0.4, -0.2) is 30.0 Å². The Morgan fingerprint density at radius 2 is 1.82 bits per heavy atom. The molecule has 3 aromatic rings. The van der Waals surface area contributed by atoms with Crippen LogP contribution in [0.25, 0.3) is 11.3 Å². The number of anilines is 1. The average Bonchev–Trinajstić information content (AvgIpc) is 3.24. The van der Waals surface area contributed by atoms with Crippen molar-refractivity contribution in [2.24, 2.45) is 0 Å². The number of carbonyl (C=O) groups excluding carboxylic acids is 2. The van der Waals surface area contributed by atoms with Crippen LogP contribution < -0.4 is 4.90 Å². The number of esters is 1. The van der Waals surface area contributed by atoms with E-state index in [0.717, 1.165) is 23.3 Å². The van der Waals surface area contributed by atoms with Gasteiger partial charge < -0.3 is 14.1 Å². The van der Waals surface area contributed by atoms with Gasteiger partial charge in [-0.1, -0.05) is 12.1 Å². The number of hydrogen-bond donors (Lipinski definition) is 0. The fraction of sp³-hybridized carbons (Fsp3) is 0.280. The molecule has 0 aliphatic heterocycles. The Morgan fingerprint density at radius 3 is 2.47 bits per heavy atom. The molecule has 0 atom stereocenters. The molecular weight excluding hydrogens is 444 g/mol. The molecule has 0 fully saturated rings. The average molecular weight is 467 g/mol. The molecule has 0 saturated carbocycles. The van der Waals surface area contributed by atoms with Crippen molar-refractivity contribution >= 4 is 17.6 Å². The van der Waals surface area contributed by atoms with E-state index in [2.05, 4.69) is 4.98 Å². The van der Waals surface area contributed by atoms with Crippen LogP contribution in [-0.2, 0) is 20.7 Å². The van der Waals surface area contributed by atoms with Crippen LogP contribution in [0.5, 0.6) is 0 Å². The van der Waals surface area contributed by atoms with Gasteiger partial charge in [0.25, 0.3) is 5.91 Å². The highest BCUT2D eigenvalue weighted by Crippen LogP contribution is 2.27. The van der Waals surface area contributed by atoms with E-state index in [9.17, 15) is 18.4 Å². The lowest BCUT2D eigenvalue weighted by atomic mass is 10.1. The Bertz CT molecular complexity index is 1190. The number of nitriles is 1. The van der Waals surface area contributed by atoms with Crippen molar-refractivity contribution < 1.29 is 27.5 Å². The number of halogens is 2. The molecule has 9 heteroatoms. The van der Waals surface area contributed by atoms with Gasteiger partial charge in [-0.2, -0.15) is 5.26 Å². The number of ether oxygens (including phenoxy) is 1. The van der Waals surface area contributed by atoms with Gasteiger partial charge >= 0.3 is 5.97 Å². The molecule has 1 amide bonds. The number of oxazole rings is 1. The van der Waals surface area contributed by atoms with Crippen molar-refractivity contribution in [3.63, 3.8) is 0 Å². The number of amides is 1. The standard InChI is InChI=1S/C25H23F2N3O4/c1-16-11-17(2)13-18(12-16)30(10-4-9-28)23(31)15-33-24(32)8-7-22-29-14-21(34-22)25-19(26)5-3-6-20(25)27/h3,5-6,11-14H,4,7-8,10,15H2,1-2H3. The summed E-state index contributed by atoms with van der Waals surface area (Å²) < 4.78 is 38.2. The SMILES string of the molecule is Cc1cc(C)cc(N(CCC#N)C(=O)COC(=O)CCc2ncc(-c3c(F)cccc3F)o2)c1. The summed E-state index contributed by atoms with van der Waals surface area (Å²) in [5.41, 5.74) is 2.21. The van der Waals surface area contributed by atoms with Crippen LogP contribution in [0.15, 0.2) is 47.0 Å². The minimum Gasteiger partial charge on any atom is -0.456 e. The van der Waals surface area contributed by atoms with Gasteiger partial charge in [-0.05, 0) is 49.2 Å². The monoisotopic (exact) mass is 467 g/mol. The van der Waals surface area contributed by atoms with Gasteiger partial charge in [0.2, 0.25) is 0 Å². The zero-order valence-electron chi connectivity index (χ0n) is 18.8. The van der Waals surface area contributed by atoms with Gasteiger partial charge in [0.05, 0.1) is 30.7 Å². The van der Waals surface area contributed by atoms with Crippen LogP contribution in [0.2, 0.25) is 0 Å². The van der Waals surface area contributed by atoms with Crippen molar-refractivity contribution in [2.75, 3.05) is 18.1 Å². The smallest absolute Gasteiger partial charge is 0.306 e. The van der Waals surface area contributed by atoms with E-state index in [-0.39, 0.29) is 43.0 Å². The van der Waals surface area contributed by atoms with Crippen molar-refractivity contribution in [1.29, 1.82) is 5.26 Å². The molecule has 0 saturated heterocycles. The molecular formula is C25H23F2N3O4. The second-order valence-electron chi connectivity index (χ2n) is 7.67. The Labute approximate surface area is 195 Å². The van der Waals surface area contributed by atoms with E-state index >= 15 is 0 Å². The predicted molar refractivity (Wildman–Crippen MR) is 120 cm³/mol. The lowest BCUT2D eigenvalue weighted by Crippen LogP contribution is -2.35. The van der Waals surface area contributed by atoms with Gasteiger partial charge in [-0.3, -0.25) is 9.59 Å². The zero-order valence-corrected chi connectivity index (χ0v) is 18.8. The minimum atomic E-state index is -0.787. The van der Waals surface area contributed by atoms with Crippen LogP contribution in [0.1, 0.15) is 29.9 Å². The summed E-state index contributed by atoms with van der Waals surface area (Å²) in [6.45, 7) is 3.48. The molecule has 1 heterocycles. The first-order valence-corrected chi connectivity index (χ1v) is 10.6. The first kappa shape index (κ1) is 24.6. The predicted octanol–water partition coefficient (Wildman–Crippen LogP) is 4.66. The zero-order chi connectivity index (χ0) is 24.7. The molecule has 3 rings (SSSR count). The summed E-state index contributed by atoms with van der Waals surface area (Å²) in [4.78, 5) is 30.2. The van der Waals surface area contributed by atoms with Gasteiger partial charge in [0.15, 0.2) is 18.3 Å². The summed E-state index contributed by atoms with van der Waals surface area (Å²) in [7, 11) is 0. The van der Waals surface area contributed by atoms with E-state index in [1.54, 1.807) is 0 Å². The third-order valence-corrected chi connectivity index (χ3v) is 4.93. The molecule has 0 aliphatic rings. The van der Waals surface area contributed by atoms with Gasteiger partial charge in [-0.15, -0.1) is 0 Å². The van der Waals surface area contributed by atoms with Crippen molar-refractivity contribution in [1.82, 2.24) is 4.98 Å². The quantitative estimate of drug-likeness (QED) is 0.425. The van der Waals surface area contributed by atoms with E-state index < -0.39 is 30.1 Å². The Hall–Kier alpha value is -4.06. The molecule has 1 aromatic heterocycles. The highest BCUT2D eigenvalue weighted by molar-refractivity contribution is 5.95. The molecule has 34 heavy (non-hydrogen) atoms. The van der Waals surface area contributed by atoms with Gasteiger partial charge in [-0.25, -0.2) is 13.8 Å². The molecule has 0 aliphatic carbocycles. The van der Waals surface area contributed by atoms with Crippen molar-refractivity contribution in [2.45, 2.75) is 33.1 Å². The summed E-state index contributed by atoms with van der Waals surface area (Å²) in [5.74, 6) is -2.67. The minimum absolute atomic E-state index is 0.0261. The van der Waals surface area contributed by atoms with E-state index in [1.807, 2.05) is 38.1 Å². The second-order valence-corrected chi connectivity index (χ2v) is 7.67. The van der Waals surface area contributed by atoms with E-state index in [0.29, 0.717) is 5.69 Å². The molecule has 176 valence electrons. The fourth-order valence-electron chi connectivity index (χ4n) is 3.44. The van der Waals surface area contributed by atoms with Crippen LogP contribution >= 0.6 is 0 Å². The number of aryl methyl sites for hydroxylation is 3. The maximum atomic E-state index is 13.9. The summed E-state index contributed by atoms with van der Waals surface area (Å²) in [5, 5.41) is 8.92. The molecule has 7 nitrogen and oxygen atoms in total. The number of hydrogen-bond acceptors (Lipinski definition) is 6. The maximum absolute atomic E-state index is 13.9. The highest BCUT2D eigenvalue weighted by Gasteiger charge is 2.19. The van der Waals surface area contributed by atoms with Crippen LogP contribution in [0.4, 0.5) is 14.5 Å². The molecule has 0 radical (unpaired) electrons. The van der Waals surface area contributed by atoms with E-state index in [1.165, 1.54) is 17.2 Å². The van der Waals surface area contributed by atoms with Crippen molar-refractivity contribution in [3.05, 3.63) is 71.2 Å². The van der Waals surface area contributed by atoms with Crippen LogP contribution in [0, 0.1) is 36.8 Å². The number of rotatable bonds is 9. The van der Waals surface area contributed by atoms with Gasteiger partial charge in [0.1, 0.15) is 11.6 Å². The number of benzene rings is 2. The van der Waals surface area contributed by atoms with Gasteiger partial charge in [0, 0.05) is 18.7 Å². The lowest BCUT2D eigenvalue weighted by molar-refractivity contribution is -0.147. The summed E-state index contributed by atoms with van der Waals surface area (Å²) in [6, 6.07) is 11.1. The third kappa shape index (κ3) is 6.25. The van der Waals surface area contributed by atoms with Crippen LogP contribution in [0.3, 0.4) is 0 Å². The summed E-state index contributed by atoms with van der Waals surface area (Å²) >= 11 is 0. The summed E-state index contributed by atoms with van der Waals surface area (Å²) in [6.07, 6.45) is 1.19. The topological polar surface area (TPSA) is 96.4 Å². The Kier molecular flexibility index (Phi) is 8.09. The number of nitrogens with zero attached hydrogens (tertiary/aromatic N) is 3. The van der Waals surface area contributed by atoms with Crippen molar-refractivity contribution in [3.8, 4) is 17.4 Å².